The Labute approximate surface area is 151 Å². The lowest BCUT2D eigenvalue weighted by molar-refractivity contribution is 0.0689. The predicted molar refractivity (Wildman–Crippen MR) is 109 cm³/mol. The van der Waals surface area contributed by atoms with Crippen LogP contribution in [0.1, 0.15) is 19.3 Å². The Hall–Kier alpha value is -1.95. The van der Waals surface area contributed by atoms with Crippen LogP contribution in [0, 0.1) is 0 Å². The van der Waals surface area contributed by atoms with Crippen molar-refractivity contribution in [3.05, 3.63) is 91.0 Å². The van der Waals surface area contributed by atoms with Crippen molar-refractivity contribution in [2.24, 2.45) is 0 Å². The zero-order valence-electron chi connectivity index (χ0n) is 14.4. The first-order chi connectivity index (χ1) is 12.4. The fourth-order valence-corrected chi connectivity index (χ4v) is 8.68. The molecule has 1 saturated heterocycles. The molecular formula is C23H24OP+. The predicted octanol–water partition coefficient (Wildman–Crippen LogP) is 4.51. The maximum Gasteiger partial charge on any atom is 0.181 e. The second kappa shape index (κ2) is 7.52. The lowest BCUT2D eigenvalue weighted by atomic mass is 10.2. The van der Waals surface area contributed by atoms with Gasteiger partial charge in [0.25, 0.3) is 0 Å². The Morgan fingerprint density at radius 1 is 0.600 bits per heavy atom. The largest absolute Gasteiger partial charge is 0.343 e. The summed E-state index contributed by atoms with van der Waals surface area (Å²) in [6.45, 7) is 0.874. The van der Waals surface area contributed by atoms with Gasteiger partial charge in [0.2, 0.25) is 0 Å². The molecule has 2 heteroatoms. The van der Waals surface area contributed by atoms with E-state index in [4.69, 9.17) is 4.74 Å². The van der Waals surface area contributed by atoms with Crippen molar-refractivity contribution in [3.63, 3.8) is 0 Å². The van der Waals surface area contributed by atoms with E-state index in [0.29, 0.717) is 0 Å². The van der Waals surface area contributed by atoms with Crippen molar-refractivity contribution in [1.82, 2.24) is 0 Å². The molecule has 0 N–H and O–H groups in total. The van der Waals surface area contributed by atoms with Crippen LogP contribution < -0.4 is 15.9 Å². The average Bonchev–Trinajstić information content (AvgIpc) is 2.72. The summed E-state index contributed by atoms with van der Waals surface area (Å²) in [5.41, 5.74) is 0. The third kappa shape index (κ3) is 3.03. The summed E-state index contributed by atoms with van der Waals surface area (Å²) in [6.07, 6.45) is 3.56. The summed E-state index contributed by atoms with van der Waals surface area (Å²) in [7, 11) is -1.85. The van der Waals surface area contributed by atoms with Gasteiger partial charge < -0.3 is 4.74 Å². The molecule has 0 radical (unpaired) electrons. The molecule has 1 atom stereocenters. The van der Waals surface area contributed by atoms with Crippen LogP contribution in [0.25, 0.3) is 0 Å². The van der Waals surface area contributed by atoms with E-state index in [1.165, 1.54) is 28.8 Å². The molecule has 3 aromatic carbocycles. The van der Waals surface area contributed by atoms with Crippen LogP contribution in [0.2, 0.25) is 0 Å². The molecule has 4 rings (SSSR count). The maximum atomic E-state index is 6.46. The first-order valence-electron chi connectivity index (χ1n) is 9.09. The Morgan fingerprint density at radius 3 is 1.40 bits per heavy atom. The van der Waals surface area contributed by atoms with Gasteiger partial charge in [-0.25, -0.2) is 0 Å². The highest BCUT2D eigenvalue weighted by atomic mass is 31.2. The molecule has 0 aromatic heterocycles. The summed E-state index contributed by atoms with van der Waals surface area (Å²) >= 11 is 0. The van der Waals surface area contributed by atoms with Gasteiger partial charge in [0.05, 0.1) is 6.61 Å². The molecule has 1 fully saturated rings. The first-order valence-corrected chi connectivity index (χ1v) is 11.0. The summed E-state index contributed by atoms with van der Waals surface area (Å²) in [5, 5.41) is 4.25. The van der Waals surface area contributed by atoms with Crippen LogP contribution in [0.3, 0.4) is 0 Å². The van der Waals surface area contributed by atoms with E-state index in [0.717, 1.165) is 13.0 Å². The van der Waals surface area contributed by atoms with Gasteiger partial charge in [-0.1, -0.05) is 54.6 Å². The highest BCUT2D eigenvalue weighted by Crippen LogP contribution is 2.61. The Kier molecular flexibility index (Phi) is 4.97. The smallest absolute Gasteiger partial charge is 0.181 e. The molecular weight excluding hydrogens is 323 g/mol. The van der Waals surface area contributed by atoms with Crippen molar-refractivity contribution in [2.45, 2.75) is 25.1 Å². The molecule has 0 spiro atoms. The number of hydrogen-bond donors (Lipinski definition) is 0. The van der Waals surface area contributed by atoms with Crippen LogP contribution in [-0.4, -0.2) is 12.5 Å². The molecule has 0 saturated carbocycles. The van der Waals surface area contributed by atoms with E-state index in [-0.39, 0.29) is 5.85 Å². The number of rotatable bonds is 4. The normalized spacial score (nSPS) is 18.0. The maximum absolute atomic E-state index is 6.46. The molecule has 3 aromatic rings. The number of hydrogen-bond acceptors (Lipinski definition) is 1. The van der Waals surface area contributed by atoms with Gasteiger partial charge in [-0.3, -0.25) is 0 Å². The van der Waals surface area contributed by atoms with Gasteiger partial charge in [-0.2, -0.15) is 0 Å². The zero-order chi connectivity index (χ0) is 17.0. The van der Waals surface area contributed by atoms with Crippen molar-refractivity contribution in [1.29, 1.82) is 0 Å². The summed E-state index contributed by atoms with van der Waals surface area (Å²) in [6, 6.07) is 33.1. The van der Waals surface area contributed by atoms with Crippen molar-refractivity contribution in [2.75, 3.05) is 6.61 Å². The summed E-state index contributed by atoms with van der Waals surface area (Å²) in [4.78, 5) is 0. The Morgan fingerprint density at radius 2 is 1.04 bits per heavy atom. The second-order valence-electron chi connectivity index (χ2n) is 6.55. The van der Waals surface area contributed by atoms with Crippen LogP contribution in [0.5, 0.6) is 0 Å². The number of benzene rings is 3. The Balaban J connectivity index is 2.01. The molecule has 25 heavy (non-hydrogen) atoms. The van der Waals surface area contributed by atoms with Gasteiger partial charge in [0.15, 0.2) is 5.85 Å². The summed E-state index contributed by atoms with van der Waals surface area (Å²) in [5.74, 6) is 0.258. The quantitative estimate of drug-likeness (QED) is 0.631. The monoisotopic (exact) mass is 347 g/mol. The minimum absolute atomic E-state index is 0.258. The van der Waals surface area contributed by atoms with Gasteiger partial charge in [-0.05, 0) is 49.2 Å². The lowest BCUT2D eigenvalue weighted by Crippen LogP contribution is -2.41. The molecule has 0 amide bonds. The van der Waals surface area contributed by atoms with Crippen LogP contribution in [0.4, 0.5) is 0 Å². The van der Waals surface area contributed by atoms with Gasteiger partial charge in [0.1, 0.15) is 23.2 Å². The van der Waals surface area contributed by atoms with Crippen LogP contribution in [-0.2, 0) is 4.74 Å². The van der Waals surface area contributed by atoms with E-state index in [1.54, 1.807) is 0 Å². The fraction of sp³-hybridized carbons (Fsp3) is 0.217. The second-order valence-corrected chi connectivity index (χ2v) is 10.1. The minimum Gasteiger partial charge on any atom is -0.343 e. The van der Waals surface area contributed by atoms with Crippen LogP contribution >= 0.6 is 7.26 Å². The van der Waals surface area contributed by atoms with E-state index < -0.39 is 7.26 Å². The fourth-order valence-electron chi connectivity index (χ4n) is 3.96. The summed E-state index contributed by atoms with van der Waals surface area (Å²) < 4.78 is 6.46. The van der Waals surface area contributed by atoms with E-state index in [9.17, 15) is 0 Å². The van der Waals surface area contributed by atoms with Gasteiger partial charge in [0, 0.05) is 6.42 Å². The molecule has 1 nitrogen and oxygen atoms in total. The van der Waals surface area contributed by atoms with Crippen molar-refractivity contribution >= 4 is 23.2 Å². The highest BCUT2D eigenvalue weighted by Gasteiger charge is 2.53. The zero-order valence-corrected chi connectivity index (χ0v) is 15.3. The first kappa shape index (κ1) is 16.5. The highest BCUT2D eigenvalue weighted by molar-refractivity contribution is 7.96. The van der Waals surface area contributed by atoms with Gasteiger partial charge >= 0.3 is 0 Å². The Bertz CT molecular complexity index is 683. The van der Waals surface area contributed by atoms with Crippen LogP contribution in [0.15, 0.2) is 91.0 Å². The third-order valence-corrected chi connectivity index (χ3v) is 9.69. The number of ether oxygens (including phenoxy) is 1. The topological polar surface area (TPSA) is 9.23 Å². The SMILES string of the molecule is c1ccc([P+](c2ccccc2)(c2ccccc2)[C@H]2CCCCO2)cc1. The molecule has 0 aliphatic carbocycles. The van der Waals surface area contributed by atoms with Gasteiger partial charge in [-0.15, -0.1) is 0 Å². The average molecular weight is 347 g/mol. The molecule has 1 aliphatic rings. The molecule has 126 valence electrons. The van der Waals surface area contributed by atoms with Crippen molar-refractivity contribution < 1.29 is 4.74 Å². The molecule has 1 heterocycles. The van der Waals surface area contributed by atoms with E-state index in [1.807, 2.05) is 0 Å². The van der Waals surface area contributed by atoms with E-state index in [2.05, 4.69) is 91.0 Å². The molecule has 0 bridgehead atoms. The minimum atomic E-state index is -1.85. The molecule has 0 unspecified atom stereocenters. The standard InChI is InChI=1S/C23H24OP/c1-4-12-20(13-5-1)25(21-14-6-2-7-15-21,22-16-8-3-9-17-22)23-18-10-11-19-24-23/h1-9,12-17,23H,10-11,18-19H2/q+1/t23-/m0/s1. The van der Waals surface area contributed by atoms with Crippen molar-refractivity contribution in [3.8, 4) is 0 Å². The lowest BCUT2D eigenvalue weighted by Gasteiger charge is -2.36. The van der Waals surface area contributed by atoms with E-state index >= 15 is 0 Å². The third-order valence-electron chi connectivity index (χ3n) is 5.08. The molecule has 1 aliphatic heterocycles.